The third-order valence-corrected chi connectivity index (χ3v) is 6.17. The van der Waals surface area contributed by atoms with E-state index < -0.39 is 0 Å². The minimum Gasteiger partial charge on any atom is -0.464 e. The van der Waals surface area contributed by atoms with Crippen molar-refractivity contribution in [3.05, 3.63) is 95.2 Å². The van der Waals surface area contributed by atoms with Crippen LogP contribution in [0.25, 0.3) is 0 Å². The molecule has 1 aromatic heterocycles. The molecule has 6 heteroatoms. The Morgan fingerprint density at radius 3 is 2.47 bits per heavy atom. The minimum atomic E-state index is -0.258. The van der Waals surface area contributed by atoms with Gasteiger partial charge in [0.15, 0.2) is 0 Å². The molecule has 2 aromatic carbocycles. The van der Waals surface area contributed by atoms with E-state index >= 15 is 0 Å². The standard InChI is InChI=1S/C28H33FN2O3/c1-22-9-14-27(34-22)20-31(16-15-23-6-3-2-4-7-23)28(32)21-30(19-26-8-5-17-33-26)18-24-10-12-25(29)13-11-24/h2-4,6-7,9-14,26H,5,8,15-21H2,1H3/t26-/m1/s1. The summed E-state index contributed by atoms with van der Waals surface area (Å²) in [6.45, 7) is 5.23. The first-order valence-corrected chi connectivity index (χ1v) is 12.0. The van der Waals surface area contributed by atoms with Crippen LogP contribution in [0.3, 0.4) is 0 Å². The van der Waals surface area contributed by atoms with Crippen molar-refractivity contribution in [2.75, 3.05) is 26.2 Å². The Bertz CT molecular complexity index is 1030. The third kappa shape index (κ3) is 7.27. The first kappa shape index (κ1) is 24.2. The second-order valence-corrected chi connectivity index (χ2v) is 8.99. The van der Waals surface area contributed by atoms with E-state index in [1.807, 2.05) is 42.2 Å². The summed E-state index contributed by atoms with van der Waals surface area (Å²) in [5.74, 6) is 1.40. The summed E-state index contributed by atoms with van der Waals surface area (Å²) >= 11 is 0. The van der Waals surface area contributed by atoms with Crippen LogP contribution in [0, 0.1) is 12.7 Å². The molecular formula is C28H33FN2O3. The normalized spacial score (nSPS) is 15.7. The summed E-state index contributed by atoms with van der Waals surface area (Å²) in [7, 11) is 0. The number of hydrogen-bond donors (Lipinski definition) is 0. The van der Waals surface area contributed by atoms with Gasteiger partial charge < -0.3 is 14.1 Å². The van der Waals surface area contributed by atoms with Crippen molar-refractivity contribution in [2.24, 2.45) is 0 Å². The number of carbonyl (C=O) groups excluding carboxylic acids is 1. The van der Waals surface area contributed by atoms with E-state index in [2.05, 4.69) is 17.0 Å². The van der Waals surface area contributed by atoms with Crippen molar-refractivity contribution >= 4 is 5.91 Å². The molecule has 1 saturated heterocycles. The number of benzene rings is 2. The molecule has 0 spiro atoms. The zero-order valence-electron chi connectivity index (χ0n) is 19.8. The van der Waals surface area contributed by atoms with Crippen LogP contribution in [-0.2, 0) is 29.0 Å². The predicted molar refractivity (Wildman–Crippen MR) is 130 cm³/mol. The van der Waals surface area contributed by atoms with Crippen molar-refractivity contribution in [3.63, 3.8) is 0 Å². The van der Waals surface area contributed by atoms with Gasteiger partial charge in [-0.2, -0.15) is 0 Å². The van der Waals surface area contributed by atoms with Crippen molar-refractivity contribution in [3.8, 4) is 0 Å². The van der Waals surface area contributed by atoms with Crippen LogP contribution in [0.1, 0.15) is 35.5 Å². The second kappa shape index (κ2) is 12.0. The van der Waals surface area contributed by atoms with Gasteiger partial charge in [-0.1, -0.05) is 42.5 Å². The van der Waals surface area contributed by atoms with Crippen LogP contribution < -0.4 is 0 Å². The Morgan fingerprint density at radius 1 is 1.00 bits per heavy atom. The SMILES string of the molecule is Cc1ccc(CN(CCc2ccccc2)C(=O)CN(Cc2ccc(F)cc2)C[C@H]2CCCO2)o1. The number of nitrogens with zero attached hydrogens (tertiary/aromatic N) is 2. The fraction of sp³-hybridized carbons (Fsp3) is 0.393. The highest BCUT2D eigenvalue weighted by atomic mass is 19.1. The Kier molecular flexibility index (Phi) is 8.50. The molecule has 1 amide bonds. The fourth-order valence-corrected chi connectivity index (χ4v) is 4.36. The van der Waals surface area contributed by atoms with Gasteiger partial charge in [-0.3, -0.25) is 9.69 Å². The molecule has 0 N–H and O–H groups in total. The largest absolute Gasteiger partial charge is 0.464 e. The summed E-state index contributed by atoms with van der Waals surface area (Å²) in [5.41, 5.74) is 2.17. The topological polar surface area (TPSA) is 45.9 Å². The minimum absolute atomic E-state index is 0.0464. The summed E-state index contributed by atoms with van der Waals surface area (Å²) < 4.78 is 25.0. The van der Waals surface area contributed by atoms with Gasteiger partial charge in [-0.05, 0) is 61.6 Å². The molecule has 0 radical (unpaired) electrons. The average molecular weight is 465 g/mol. The van der Waals surface area contributed by atoms with E-state index in [-0.39, 0.29) is 24.4 Å². The van der Waals surface area contributed by atoms with E-state index in [4.69, 9.17) is 9.15 Å². The van der Waals surface area contributed by atoms with E-state index in [0.29, 0.717) is 26.2 Å². The molecule has 1 fully saturated rings. The Hall–Kier alpha value is -2.96. The quantitative estimate of drug-likeness (QED) is 0.402. The summed E-state index contributed by atoms with van der Waals surface area (Å²) in [5, 5.41) is 0. The second-order valence-electron chi connectivity index (χ2n) is 8.99. The van der Waals surface area contributed by atoms with Gasteiger partial charge in [0.2, 0.25) is 5.91 Å². The lowest BCUT2D eigenvalue weighted by atomic mass is 10.1. The maximum absolute atomic E-state index is 13.5. The van der Waals surface area contributed by atoms with Crippen LogP contribution in [0.15, 0.2) is 71.1 Å². The molecule has 0 saturated carbocycles. The molecule has 4 rings (SSSR count). The average Bonchev–Trinajstić information content (AvgIpc) is 3.50. The smallest absolute Gasteiger partial charge is 0.237 e. The Morgan fingerprint density at radius 2 is 1.79 bits per heavy atom. The Balaban J connectivity index is 1.46. The predicted octanol–water partition coefficient (Wildman–Crippen LogP) is 4.98. The highest BCUT2D eigenvalue weighted by Gasteiger charge is 2.24. The van der Waals surface area contributed by atoms with Crippen molar-refractivity contribution in [1.29, 1.82) is 0 Å². The number of furan rings is 1. The van der Waals surface area contributed by atoms with Crippen LogP contribution in [0.2, 0.25) is 0 Å². The lowest BCUT2D eigenvalue weighted by molar-refractivity contribution is -0.133. The molecule has 0 aliphatic carbocycles. The maximum Gasteiger partial charge on any atom is 0.237 e. The van der Waals surface area contributed by atoms with Gasteiger partial charge in [-0.15, -0.1) is 0 Å². The van der Waals surface area contributed by atoms with Crippen LogP contribution in [0.5, 0.6) is 0 Å². The number of aryl methyl sites for hydroxylation is 1. The number of ether oxygens (including phenoxy) is 1. The summed E-state index contributed by atoms with van der Waals surface area (Å²) in [6, 6.07) is 20.5. The van der Waals surface area contributed by atoms with Gasteiger partial charge in [0.25, 0.3) is 0 Å². The van der Waals surface area contributed by atoms with Crippen LogP contribution in [0.4, 0.5) is 4.39 Å². The maximum atomic E-state index is 13.5. The first-order chi connectivity index (χ1) is 16.5. The molecule has 1 aliphatic rings. The monoisotopic (exact) mass is 464 g/mol. The number of halogens is 1. The fourth-order valence-electron chi connectivity index (χ4n) is 4.36. The number of rotatable bonds is 11. The highest BCUT2D eigenvalue weighted by molar-refractivity contribution is 5.78. The van der Waals surface area contributed by atoms with Gasteiger partial charge in [0.05, 0.1) is 19.2 Å². The molecule has 0 unspecified atom stereocenters. The number of carbonyl (C=O) groups is 1. The summed E-state index contributed by atoms with van der Waals surface area (Å²) in [6.07, 6.45) is 2.94. The molecular weight excluding hydrogens is 431 g/mol. The van der Waals surface area contributed by atoms with Gasteiger partial charge >= 0.3 is 0 Å². The van der Waals surface area contributed by atoms with Crippen LogP contribution >= 0.6 is 0 Å². The zero-order chi connectivity index (χ0) is 23.8. The van der Waals surface area contributed by atoms with Crippen molar-refractivity contribution < 1.29 is 18.3 Å². The number of hydrogen-bond acceptors (Lipinski definition) is 4. The van der Waals surface area contributed by atoms with E-state index in [1.165, 1.54) is 17.7 Å². The van der Waals surface area contributed by atoms with E-state index in [0.717, 1.165) is 43.0 Å². The summed E-state index contributed by atoms with van der Waals surface area (Å²) in [4.78, 5) is 17.5. The molecule has 180 valence electrons. The van der Waals surface area contributed by atoms with Gasteiger partial charge in [0.1, 0.15) is 17.3 Å². The Labute approximate surface area is 201 Å². The van der Waals surface area contributed by atoms with Crippen molar-refractivity contribution in [1.82, 2.24) is 9.80 Å². The molecule has 3 aromatic rings. The molecule has 2 heterocycles. The zero-order valence-corrected chi connectivity index (χ0v) is 19.8. The van der Waals surface area contributed by atoms with E-state index in [9.17, 15) is 9.18 Å². The molecule has 1 aliphatic heterocycles. The van der Waals surface area contributed by atoms with Crippen molar-refractivity contribution in [2.45, 2.75) is 45.4 Å². The molecule has 5 nitrogen and oxygen atoms in total. The lowest BCUT2D eigenvalue weighted by Crippen LogP contribution is -2.43. The van der Waals surface area contributed by atoms with Crippen LogP contribution in [-0.4, -0.2) is 48.1 Å². The van der Waals surface area contributed by atoms with Gasteiger partial charge in [-0.25, -0.2) is 4.39 Å². The van der Waals surface area contributed by atoms with E-state index in [1.54, 1.807) is 12.1 Å². The number of amides is 1. The highest BCUT2D eigenvalue weighted by Crippen LogP contribution is 2.17. The molecule has 1 atom stereocenters. The third-order valence-electron chi connectivity index (χ3n) is 6.17. The van der Waals surface area contributed by atoms with Gasteiger partial charge in [0, 0.05) is 26.2 Å². The molecule has 0 bridgehead atoms. The first-order valence-electron chi connectivity index (χ1n) is 12.0. The molecule has 34 heavy (non-hydrogen) atoms. The lowest BCUT2D eigenvalue weighted by Gasteiger charge is -2.29.